The Bertz CT molecular complexity index is 872. The smallest absolute Gasteiger partial charge is 0.402 e. The van der Waals surface area contributed by atoms with Crippen LogP contribution in [0.1, 0.15) is 43.7 Å². The molecule has 8 heteroatoms. The third-order valence-corrected chi connectivity index (χ3v) is 4.96. The van der Waals surface area contributed by atoms with Crippen LogP contribution in [0.15, 0.2) is 53.8 Å². The van der Waals surface area contributed by atoms with Crippen LogP contribution in [0.4, 0.5) is 17.6 Å². The van der Waals surface area contributed by atoms with Gasteiger partial charge in [0.2, 0.25) is 0 Å². The number of allylic oxidation sites excluding steroid dienone is 4. The SMILES string of the molecule is CC(=C/C(=N)N(C)C)/C=C/C=C(\N)CC(O)(CC(C)c1cc(F)ccc1C)C(F)(F)F. The van der Waals surface area contributed by atoms with Gasteiger partial charge in [-0.2, -0.15) is 13.2 Å². The van der Waals surface area contributed by atoms with Crippen LogP contribution >= 0.6 is 0 Å². The number of rotatable bonds is 8. The van der Waals surface area contributed by atoms with Crippen molar-refractivity contribution >= 4 is 5.84 Å². The van der Waals surface area contributed by atoms with Crippen molar-refractivity contribution in [2.24, 2.45) is 5.73 Å². The maximum Gasteiger partial charge on any atom is 0.417 e. The fraction of sp³-hybridized carbons (Fsp3) is 0.435. The van der Waals surface area contributed by atoms with Gasteiger partial charge in [0, 0.05) is 26.2 Å². The summed E-state index contributed by atoms with van der Waals surface area (Å²) in [5.74, 6) is -1.02. The molecule has 0 radical (unpaired) electrons. The fourth-order valence-corrected chi connectivity index (χ4v) is 3.16. The predicted octanol–water partition coefficient (Wildman–Crippen LogP) is 5.20. The molecule has 0 saturated carbocycles. The second-order valence-corrected chi connectivity index (χ2v) is 8.08. The first-order valence-electron chi connectivity index (χ1n) is 9.78. The third kappa shape index (κ3) is 7.86. The van der Waals surface area contributed by atoms with Crippen molar-refractivity contribution in [1.82, 2.24) is 4.90 Å². The Morgan fingerprint density at radius 2 is 1.90 bits per heavy atom. The maximum absolute atomic E-state index is 13.7. The second kappa shape index (κ2) is 10.6. The van der Waals surface area contributed by atoms with E-state index in [4.69, 9.17) is 11.1 Å². The number of alkyl halides is 3. The molecule has 1 aromatic rings. The van der Waals surface area contributed by atoms with E-state index in [-0.39, 0.29) is 11.5 Å². The van der Waals surface area contributed by atoms with Gasteiger partial charge in [-0.3, -0.25) is 5.41 Å². The van der Waals surface area contributed by atoms with Crippen LogP contribution in [0, 0.1) is 18.2 Å². The maximum atomic E-state index is 13.7. The molecule has 4 nitrogen and oxygen atoms in total. The Labute approximate surface area is 181 Å². The van der Waals surface area contributed by atoms with E-state index >= 15 is 0 Å². The van der Waals surface area contributed by atoms with Crippen LogP contribution in [0.25, 0.3) is 0 Å². The highest BCUT2D eigenvalue weighted by Crippen LogP contribution is 2.42. The summed E-state index contributed by atoms with van der Waals surface area (Å²) in [6.07, 6.45) is -0.409. The molecule has 0 heterocycles. The van der Waals surface area contributed by atoms with E-state index in [9.17, 15) is 22.7 Å². The molecule has 0 spiro atoms. The molecule has 2 atom stereocenters. The minimum Gasteiger partial charge on any atom is -0.402 e. The summed E-state index contributed by atoms with van der Waals surface area (Å²) in [7, 11) is 3.44. The van der Waals surface area contributed by atoms with Gasteiger partial charge in [-0.05, 0) is 67.2 Å². The van der Waals surface area contributed by atoms with Crippen molar-refractivity contribution in [2.45, 2.75) is 51.3 Å². The Kier molecular flexibility index (Phi) is 9.05. The third-order valence-electron chi connectivity index (χ3n) is 4.96. The van der Waals surface area contributed by atoms with E-state index in [0.717, 1.165) is 0 Å². The summed E-state index contributed by atoms with van der Waals surface area (Å²) >= 11 is 0. The van der Waals surface area contributed by atoms with Crippen molar-refractivity contribution in [3.63, 3.8) is 0 Å². The topological polar surface area (TPSA) is 73.3 Å². The van der Waals surface area contributed by atoms with Crippen molar-refractivity contribution in [3.8, 4) is 0 Å². The number of amidine groups is 1. The molecule has 0 aromatic heterocycles. The molecular formula is C23H31F4N3O. The molecule has 0 bridgehead atoms. The molecule has 0 saturated heterocycles. The lowest BCUT2D eigenvalue weighted by Gasteiger charge is -2.33. The van der Waals surface area contributed by atoms with Gasteiger partial charge >= 0.3 is 6.18 Å². The minimum absolute atomic E-state index is 0.144. The summed E-state index contributed by atoms with van der Waals surface area (Å²) in [5.41, 5.74) is 4.35. The monoisotopic (exact) mass is 441 g/mol. The van der Waals surface area contributed by atoms with Crippen LogP contribution in [-0.2, 0) is 0 Å². The molecule has 2 unspecified atom stereocenters. The molecule has 1 rings (SSSR count). The number of likely N-dealkylation sites (N-methyl/N-ethyl adjacent to an activating group) is 1. The number of hydrogen-bond acceptors (Lipinski definition) is 3. The first-order valence-corrected chi connectivity index (χ1v) is 9.78. The van der Waals surface area contributed by atoms with E-state index in [1.54, 1.807) is 45.0 Å². The Hall–Kier alpha value is -2.61. The fourth-order valence-electron chi connectivity index (χ4n) is 3.16. The first kappa shape index (κ1) is 26.4. The number of nitrogens with one attached hydrogen (secondary N) is 1. The normalized spacial score (nSPS) is 16.3. The van der Waals surface area contributed by atoms with E-state index < -0.39 is 36.4 Å². The van der Waals surface area contributed by atoms with Crippen molar-refractivity contribution in [1.29, 1.82) is 5.41 Å². The molecular weight excluding hydrogens is 410 g/mol. The van der Waals surface area contributed by atoms with Crippen LogP contribution in [-0.4, -0.2) is 41.7 Å². The Morgan fingerprint density at radius 1 is 1.29 bits per heavy atom. The van der Waals surface area contributed by atoms with Gasteiger partial charge < -0.3 is 15.7 Å². The number of aliphatic hydroxyl groups is 1. The second-order valence-electron chi connectivity index (χ2n) is 8.08. The standard InChI is InChI=1S/C23H31F4N3O/c1-15(11-21(29)30(4)5)7-6-8-19(28)14-22(31,23(25,26)27)13-17(3)20-12-18(24)10-9-16(20)2/h6-12,17,29,31H,13-14,28H2,1-5H3/b7-6+,15-11-,19-8-,29-21?. The van der Waals surface area contributed by atoms with Crippen molar-refractivity contribution < 1.29 is 22.7 Å². The molecule has 0 fully saturated rings. The Morgan fingerprint density at radius 3 is 2.45 bits per heavy atom. The highest BCUT2D eigenvalue weighted by molar-refractivity contribution is 5.90. The Balaban J connectivity index is 3.03. The van der Waals surface area contributed by atoms with Gasteiger partial charge in [-0.15, -0.1) is 0 Å². The minimum atomic E-state index is -4.92. The number of nitrogens with zero attached hydrogens (tertiary/aromatic N) is 1. The highest BCUT2D eigenvalue weighted by atomic mass is 19.4. The van der Waals surface area contributed by atoms with Crippen LogP contribution in [0.2, 0.25) is 0 Å². The lowest BCUT2D eigenvalue weighted by atomic mass is 9.82. The molecule has 1 aromatic carbocycles. The zero-order valence-corrected chi connectivity index (χ0v) is 18.5. The number of aryl methyl sites for hydroxylation is 1. The van der Waals surface area contributed by atoms with Gasteiger partial charge in [0.1, 0.15) is 11.7 Å². The van der Waals surface area contributed by atoms with E-state index in [1.165, 1.54) is 37.3 Å². The zero-order valence-electron chi connectivity index (χ0n) is 18.5. The molecule has 0 amide bonds. The predicted molar refractivity (Wildman–Crippen MR) is 116 cm³/mol. The number of nitrogens with two attached hydrogens (primary N) is 1. The molecule has 0 aliphatic carbocycles. The molecule has 31 heavy (non-hydrogen) atoms. The number of halogens is 4. The van der Waals surface area contributed by atoms with Crippen LogP contribution in [0.3, 0.4) is 0 Å². The summed E-state index contributed by atoms with van der Waals surface area (Å²) in [6, 6.07) is 3.93. The molecule has 172 valence electrons. The van der Waals surface area contributed by atoms with Gasteiger partial charge in [0.05, 0.1) is 0 Å². The van der Waals surface area contributed by atoms with Crippen molar-refractivity contribution in [3.05, 3.63) is 70.7 Å². The van der Waals surface area contributed by atoms with E-state index in [1.807, 2.05) is 0 Å². The zero-order chi connectivity index (χ0) is 24.0. The van der Waals surface area contributed by atoms with Gasteiger partial charge in [0.15, 0.2) is 5.60 Å². The van der Waals surface area contributed by atoms with Crippen molar-refractivity contribution in [2.75, 3.05) is 14.1 Å². The lowest BCUT2D eigenvalue weighted by Crippen LogP contribution is -2.47. The number of benzene rings is 1. The van der Waals surface area contributed by atoms with Gasteiger partial charge in [0.25, 0.3) is 0 Å². The van der Waals surface area contributed by atoms with Gasteiger partial charge in [-0.25, -0.2) is 4.39 Å². The van der Waals surface area contributed by atoms with Gasteiger partial charge in [-0.1, -0.05) is 25.1 Å². The lowest BCUT2D eigenvalue weighted by molar-refractivity contribution is -0.263. The summed E-state index contributed by atoms with van der Waals surface area (Å²) in [6.45, 7) is 4.95. The number of hydrogen-bond donors (Lipinski definition) is 3. The average Bonchev–Trinajstić information content (AvgIpc) is 2.62. The summed E-state index contributed by atoms with van der Waals surface area (Å²) < 4.78 is 54.8. The first-order chi connectivity index (χ1) is 14.2. The van der Waals surface area contributed by atoms with E-state index in [0.29, 0.717) is 16.7 Å². The quantitative estimate of drug-likeness (QED) is 0.225. The molecule has 0 aliphatic heterocycles. The molecule has 4 N–H and O–H groups in total. The summed E-state index contributed by atoms with van der Waals surface area (Å²) in [5, 5.41) is 18.2. The average molecular weight is 442 g/mol. The molecule has 0 aliphatic rings. The summed E-state index contributed by atoms with van der Waals surface area (Å²) in [4.78, 5) is 1.60. The highest BCUT2D eigenvalue weighted by Gasteiger charge is 2.54. The van der Waals surface area contributed by atoms with E-state index in [2.05, 4.69) is 0 Å². The van der Waals surface area contributed by atoms with Crippen LogP contribution < -0.4 is 5.73 Å². The van der Waals surface area contributed by atoms with Crippen LogP contribution in [0.5, 0.6) is 0 Å². The largest absolute Gasteiger partial charge is 0.417 e.